The van der Waals surface area contributed by atoms with Crippen molar-refractivity contribution in [1.29, 1.82) is 0 Å². The number of aromatic nitrogens is 3. The highest BCUT2D eigenvalue weighted by Gasteiger charge is 2.25. The second-order valence-electron chi connectivity index (χ2n) is 6.56. The number of hydrogen-bond donors (Lipinski definition) is 1. The summed E-state index contributed by atoms with van der Waals surface area (Å²) in [5.41, 5.74) is 10.3. The van der Waals surface area contributed by atoms with Gasteiger partial charge in [-0.3, -0.25) is 19.1 Å². The molecule has 0 radical (unpaired) electrons. The molecule has 1 aliphatic rings. The topological polar surface area (TPSA) is 94.1 Å². The van der Waals surface area contributed by atoms with E-state index in [0.717, 1.165) is 16.6 Å². The standard InChI is InChI=1S/C19H19N5O2/c1-11-22-17-4-3-14(20)7-18(17)24(11)19(26)16-9-21-8-13-10-23(12(2)25)6-5-15(13)16/h3-4,7-9H,5-6,10,20H2,1-2H3. The molecular weight excluding hydrogens is 330 g/mol. The maximum absolute atomic E-state index is 13.3. The van der Waals surface area contributed by atoms with Gasteiger partial charge in [-0.1, -0.05) is 0 Å². The van der Waals surface area contributed by atoms with E-state index in [0.29, 0.717) is 42.1 Å². The van der Waals surface area contributed by atoms with Crippen LogP contribution >= 0.6 is 0 Å². The highest BCUT2D eigenvalue weighted by Crippen LogP contribution is 2.25. The lowest BCUT2D eigenvalue weighted by Gasteiger charge is -2.28. The highest BCUT2D eigenvalue weighted by molar-refractivity contribution is 6.03. The number of benzene rings is 1. The highest BCUT2D eigenvalue weighted by atomic mass is 16.2. The van der Waals surface area contributed by atoms with E-state index in [1.54, 1.807) is 47.8 Å². The molecule has 1 amide bonds. The fourth-order valence-corrected chi connectivity index (χ4v) is 3.54. The summed E-state index contributed by atoms with van der Waals surface area (Å²) in [5.74, 6) is 0.463. The van der Waals surface area contributed by atoms with Crippen LogP contribution in [0.15, 0.2) is 30.6 Å². The van der Waals surface area contributed by atoms with Crippen molar-refractivity contribution in [3.8, 4) is 0 Å². The summed E-state index contributed by atoms with van der Waals surface area (Å²) in [7, 11) is 0. The smallest absolute Gasteiger partial charge is 0.265 e. The number of imidazole rings is 1. The van der Waals surface area contributed by atoms with Crippen molar-refractivity contribution in [3.05, 3.63) is 53.1 Å². The number of anilines is 1. The molecule has 2 aromatic heterocycles. The van der Waals surface area contributed by atoms with Gasteiger partial charge in [-0.15, -0.1) is 0 Å². The van der Waals surface area contributed by atoms with Gasteiger partial charge >= 0.3 is 0 Å². The van der Waals surface area contributed by atoms with Crippen LogP contribution in [-0.4, -0.2) is 37.8 Å². The first-order valence-corrected chi connectivity index (χ1v) is 8.46. The second kappa shape index (κ2) is 5.94. The van der Waals surface area contributed by atoms with Crippen LogP contribution in [0.4, 0.5) is 5.69 Å². The molecule has 3 heterocycles. The summed E-state index contributed by atoms with van der Waals surface area (Å²) in [5, 5.41) is 0. The zero-order valence-electron chi connectivity index (χ0n) is 14.7. The number of hydrogen-bond acceptors (Lipinski definition) is 5. The fourth-order valence-electron chi connectivity index (χ4n) is 3.54. The van der Waals surface area contributed by atoms with E-state index in [1.165, 1.54) is 0 Å². The van der Waals surface area contributed by atoms with Crippen molar-refractivity contribution < 1.29 is 9.59 Å². The molecule has 7 nitrogen and oxygen atoms in total. The summed E-state index contributed by atoms with van der Waals surface area (Å²) >= 11 is 0. The first-order chi connectivity index (χ1) is 12.5. The number of nitrogen functional groups attached to an aromatic ring is 1. The van der Waals surface area contributed by atoms with Crippen molar-refractivity contribution in [3.63, 3.8) is 0 Å². The molecule has 0 fully saturated rings. The monoisotopic (exact) mass is 349 g/mol. The lowest BCUT2D eigenvalue weighted by atomic mass is 9.96. The van der Waals surface area contributed by atoms with Gasteiger partial charge in [-0.2, -0.15) is 0 Å². The molecule has 0 saturated heterocycles. The van der Waals surface area contributed by atoms with Crippen LogP contribution < -0.4 is 5.73 Å². The molecule has 0 aliphatic carbocycles. The number of amides is 1. The minimum Gasteiger partial charge on any atom is -0.399 e. The molecule has 1 aliphatic heterocycles. The van der Waals surface area contributed by atoms with E-state index < -0.39 is 0 Å². The predicted molar refractivity (Wildman–Crippen MR) is 97.6 cm³/mol. The maximum atomic E-state index is 13.3. The third-order valence-corrected chi connectivity index (χ3v) is 4.86. The van der Waals surface area contributed by atoms with Gasteiger partial charge in [0, 0.05) is 38.1 Å². The molecule has 0 unspecified atom stereocenters. The zero-order chi connectivity index (χ0) is 18.4. The van der Waals surface area contributed by atoms with Crippen molar-refractivity contribution in [2.24, 2.45) is 0 Å². The summed E-state index contributed by atoms with van der Waals surface area (Å²) in [6.07, 6.45) is 3.96. The molecule has 132 valence electrons. The van der Waals surface area contributed by atoms with Crippen LogP contribution in [-0.2, 0) is 17.8 Å². The molecule has 7 heteroatoms. The Balaban J connectivity index is 1.82. The SMILES string of the molecule is CC(=O)N1CCc2c(cncc2C(=O)n2c(C)nc3ccc(N)cc32)C1. The minimum absolute atomic E-state index is 0.0271. The van der Waals surface area contributed by atoms with Crippen LogP contribution in [0.3, 0.4) is 0 Å². The van der Waals surface area contributed by atoms with Crippen molar-refractivity contribution in [2.45, 2.75) is 26.8 Å². The van der Waals surface area contributed by atoms with Gasteiger partial charge in [0.05, 0.1) is 16.6 Å². The zero-order valence-corrected chi connectivity index (χ0v) is 14.7. The van der Waals surface area contributed by atoms with Crippen LogP contribution in [0.5, 0.6) is 0 Å². The minimum atomic E-state index is -0.170. The van der Waals surface area contributed by atoms with Crippen LogP contribution in [0.1, 0.15) is 34.2 Å². The Morgan fingerprint density at radius 3 is 2.81 bits per heavy atom. The van der Waals surface area contributed by atoms with Crippen LogP contribution in [0.2, 0.25) is 0 Å². The van der Waals surface area contributed by atoms with E-state index in [1.807, 2.05) is 6.07 Å². The summed E-state index contributed by atoms with van der Waals surface area (Å²) in [6, 6.07) is 5.34. The number of nitrogens with zero attached hydrogens (tertiary/aromatic N) is 4. The third-order valence-electron chi connectivity index (χ3n) is 4.86. The largest absolute Gasteiger partial charge is 0.399 e. The summed E-state index contributed by atoms with van der Waals surface area (Å²) < 4.78 is 1.58. The Labute approximate surface area is 150 Å². The molecule has 4 rings (SSSR count). The van der Waals surface area contributed by atoms with E-state index in [-0.39, 0.29) is 11.8 Å². The van der Waals surface area contributed by atoms with E-state index in [4.69, 9.17) is 5.73 Å². The van der Waals surface area contributed by atoms with E-state index in [2.05, 4.69) is 9.97 Å². The van der Waals surface area contributed by atoms with Gasteiger partial charge in [-0.05, 0) is 42.7 Å². The fraction of sp³-hybridized carbons (Fsp3) is 0.263. The second-order valence-corrected chi connectivity index (χ2v) is 6.56. The van der Waals surface area contributed by atoms with Gasteiger partial charge in [0.2, 0.25) is 5.91 Å². The molecule has 0 atom stereocenters. The molecule has 3 aromatic rings. The number of nitrogens with two attached hydrogens (primary N) is 1. The van der Waals surface area contributed by atoms with Crippen LogP contribution in [0.25, 0.3) is 11.0 Å². The number of fused-ring (bicyclic) bond motifs is 2. The molecule has 26 heavy (non-hydrogen) atoms. The Morgan fingerprint density at radius 2 is 2.04 bits per heavy atom. The van der Waals surface area contributed by atoms with Gasteiger partial charge < -0.3 is 10.6 Å². The Bertz CT molecular complexity index is 1050. The van der Waals surface area contributed by atoms with Gasteiger partial charge in [0.25, 0.3) is 5.91 Å². The quantitative estimate of drug-likeness (QED) is 0.677. The number of aryl methyl sites for hydroxylation is 1. The van der Waals surface area contributed by atoms with Crippen molar-refractivity contribution in [1.82, 2.24) is 19.4 Å². The lowest BCUT2D eigenvalue weighted by molar-refractivity contribution is -0.129. The van der Waals surface area contributed by atoms with Crippen molar-refractivity contribution in [2.75, 3.05) is 12.3 Å². The molecule has 0 saturated carbocycles. The van der Waals surface area contributed by atoms with Gasteiger partial charge in [-0.25, -0.2) is 4.98 Å². The third kappa shape index (κ3) is 2.52. The van der Waals surface area contributed by atoms with Crippen molar-refractivity contribution >= 4 is 28.5 Å². The lowest BCUT2D eigenvalue weighted by Crippen LogP contribution is -2.35. The summed E-state index contributed by atoms with van der Waals surface area (Å²) in [6.45, 7) is 4.44. The first kappa shape index (κ1) is 16.3. The predicted octanol–water partition coefficient (Wildman–Crippen LogP) is 1.92. The average molecular weight is 349 g/mol. The number of pyridine rings is 1. The Kier molecular flexibility index (Phi) is 3.72. The van der Waals surface area contributed by atoms with Crippen LogP contribution in [0, 0.1) is 6.92 Å². The molecule has 0 spiro atoms. The molecular formula is C19H19N5O2. The molecule has 2 N–H and O–H groups in total. The number of carbonyl (C=O) groups is 2. The molecule has 0 bridgehead atoms. The summed E-state index contributed by atoms with van der Waals surface area (Å²) in [4.78, 5) is 35.4. The Morgan fingerprint density at radius 1 is 1.23 bits per heavy atom. The van der Waals surface area contributed by atoms with E-state index in [9.17, 15) is 9.59 Å². The van der Waals surface area contributed by atoms with Gasteiger partial charge in [0.15, 0.2) is 0 Å². The maximum Gasteiger partial charge on any atom is 0.265 e. The normalized spacial score (nSPS) is 13.7. The Hall–Kier alpha value is -3.22. The number of carbonyl (C=O) groups excluding carboxylic acids is 2. The van der Waals surface area contributed by atoms with E-state index >= 15 is 0 Å². The van der Waals surface area contributed by atoms with Gasteiger partial charge in [0.1, 0.15) is 5.82 Å². The molecule has 1 aromatic carbocycles. The number of rotatable bonds is 1. The first-order valence-electron chi connectivity index (χ1n) is 8.46. The average Bonchev–Trinajstić information content (AvgIpc) is 2.95.